The van der Waals surface area contributed by atoms with E-state index in [1.54, 1.807) is 60.9 Å². The van der Waals surface area contributed by atoms with Crippen molar-refractivity contribution in [1.82, 2.24) is 10.2 Å². The molecule has 4 rings (SSSR count). The van der Waals surface area contributed by atoms with Crippen LogP contribution in [0.4, 0.5) is 0 Å². The van der Waals surface area contributed by atoms with Crippen LogP contribution in [0.5, 0.6) is 11.5 Å². The molecule has 0 atom stereocenters. The number of aromatic nitrogens is 2. The molecule has 0 aliphatic rings. The first kappa shape index (κ1) is 18.2. The number of ketones is 1. The van der Waals surface area contributed by atoms with Gasteiger partial charge in [0.25, 0.3) is 0 Å². The molecule has 2 heterocycles. The quantitative estimate of drug-likeness (QED) is 0.382. The summed E-state index contributed by atoms with van der Waals surface area (Å²) in [5.74, 6) is 0.315. The Labute approximate surface area is 166 Å². The van der Waals surface area contributed by atoms with Gasteiger partial charge in [-0.3, -0.25) is 4.79 Å². The second-order valence-electron chi connectivity index (χ2n) is 6.26. The third-order valence-electron chi connectivity index (χ3n) is 4.40. The normalized spacial score (nSPS) is 11.0. The smallest absolute Gasteiger partial charge is 0.185 e. The summed E-state index contributed by atoms with van der Waals surface area (Å²) in [6, 6.07) is 16.6. The van der Waals surface area contributed by atoms with Gasteiger partial charge in [-0.1, -0.05) is 30.3 Å². The molecule has 2 aromatic carbocycles. The average Bonchev–Trinajstić information content (AvgIpc) is 3.26. The number of rotatable bonds is 5. The summed E-state index contributed by atoms with van der Waals surface area (Å²) in [6.45, 7) is 0. The lowest BCUT2D eigenvalue weighted by atomic mass is 9.97. The Morgan fingerprint density at radius 3 is 2.38 bits per heavy atom. The van der Waals surface area contributed by atoms with Crippen LogP contribution in [0.15, 0.2) is 83.6 Å². The van der Waals surface area contributed by atoms with Crippen molar-refractivity contribution < 1.29 is 19.4 Å². The van der Waals surface area contributed by atoms with Gasteiger partial charge in [0.05, 0.1) is 18.0 Å². The number of phenolic OH excluding ortho intramolecular Hbond substituents is 2. The van der Waals surface area contributed by atoms with E-state index in [1.165, 1.54) is 24.4 Å². The van der Waals surface area contributed by atoms with E-state index in [1.807, 2.05) is 0 Å². The zero-order valence-corrected chi connectivity index (χ0v) is 15.2. The van der Waals surface area contributed by atoms with E-state index in [9.17, 15) is 15.0 Å². The molecule has 0 aliphatic carbocycles. The molecule has 2 N–H and O–H groups in total. The van der Waals surface area contributed by atoms with Gasteiger partial charge in [-0.25, -0.2) is 0 Å². The third-order valence-corrected chi connectivity index (χ3v) is 4.40. The number of allylic oxidation sites excluding steroid dienone is 1. The summed E-state index contributed by atoms with van der Waals surface area (Å²) in [6.07, 6.45) is 6.08. The lowest BCUT2D eigenvalue weighted by Gasteiger charge is -2.11. The van der Waals surface area contributed by atoms with Gasteiger partial charge in [0.15, 0.2) is 5.78 Å². The van der Waals surface area contributed by atoms with Gasteiger partial charge in [0.2, 0.25) is 0 Å². The molecule has 0 saturated carbocycles. The van der Waals surface area contributed by atoms with Crippen LogP contribution in [0.2, 0.25) is 0 Å². The summed E-state index contributed by atoms with van der Waals surface area (Å²) in [5.41, 5.74) is 2.50. The van der Waals surface area contributed by atoms with Crippen LogP contribution < -0.4 is 0 Å². The molecular formula is C23H16N2O4. The first-order chi connectivity index (χ1) is 14.1. The van der Waals surface area contributed by atoms with E-state index in [2.05, 4.69) is 10.2 Å². The maximum absolute atomic E-state index is 12.3. The summed E-state index contributed by atoms with van der Waals surface area (Å²) in [5, 5.41) is 28.5. The van der Waals surface area contributed by atoms with Crippen molar-refractivity contribution in [3.63, 3.8) is 0 Å². The van der Waals surface area contributed by atoms with E-state index in [-0.39, 0.29) is 22.8 Å². The molecule has 0 fully saturated rings. The summed E-state index contributed by atoms with van der Waals surface area (Å²) in [4.78, 5) is 12.3. The standard InChI is InChI=1S/C23H16N2O4/c26-19(11-10-17-3-2-14-29-17)15-6-8-16(9-7-15)23-18(12-13-24-25-23)22-20(27)4-1-5-21(22)28/h1-14,27-28H/b11-10-. The molecule has 4 aromatic rings. The number of phenols is 2. The molecule has 0 radical (unpaired) electrons. The van der Waals surface area contributed by atoms with E-state index < -0.39 is 0 Å². The van der Waals surface area contributed by atoms with Crippen molar-refractivity contribution in [2.45, 2.75) is 0 Å². The maximum Gasteiger partial charge on any atom is 0.185 e. The zero-order valence-electron chi connectivity index (χ0n) is 15.2. The molecule has 0 spiro atoms. The number of hydrogen-bond acceptors (Lipinski definition) is 6. The van der Waals surface area contributed by atoms with Gasteiger partial charge < -0.3 is 14.6 Å². The number of furan rings is 1. The number of carbonyl (C=O) groups is 1. The van der Waals surface area contributed by atoms with Crippen molar-refractivity contribution in [3.05, 3.63) is 90.5 Å². The van der Waals surface area contributed by atoms with Gasteiger partial charge in [0.1, 0.15) is 23.0 Å². The van der Waals surface area contributed by atoms with Crippen LogP contribution in [0.1, 0.15) is 16.1 Å². The first-order valence-corrected chi connectivity index (χ1v) is 8.83. The molecule has 0 bridgehead atoms. The Balaban J connectivity index is 1.66. The minimum Gasteiger partial charge on any atom is -0.507 e. The second kappa shape index (κ2) is 7.82. The van der Waals surface area contributed by atoms with Crippen molar-refractivity contribution >= 4 is 11.9 Å². The number of benzene rings is 2. The maximum atomic E-state index is 12.3. The highest BCUT2D eigenvalue weighted by atomic mass is 16.3. The molecule has 0 saturated heterocycles. The topological polar surface area (TPSA) is 96.5 Å². The number of nitrogens with zero attached hydrogens (tertiary/aromatic N) is 2. The first-order valence-electron chi connectivity index (χ1n) is 8.83. The second-order valence-corrected chi connectivity index (χ2v) is 6.26. The lowest BCUT2D eigenvalue weighted by molar-refractivity contribution is 0.104. The predicted octanol–water partition coefficient (Wildman–Crippen LogP) is 4.71. The third kappa shape index (κ3) is 3.77. The Bertz CT molecular complexity index is 1160. The van der Waals surface area contributed by atoms with Crippen molar-refractivity contribution in [2.75, 3.05) is 0 Å². The van der Waals surface area contributed by atoms with Gasteiger partial charge in [-0.2, -0.15) is 5.10 Å². The van der Waals surface area contributed by atoms with Crippen LogP contribution in [0, 0.1) is 0 Å². The highest BCUT2D eigenvalue weighted by molar-refractivity contribution is 6.07. The summed E-state index contributed by atoms with van der Waals surface area (Å²) in [7, 11) is 0. The van der Waals surface area contributed by atoms with E-state index >= 15 is 0 Å². The fourth-order valence-electron chi connectivity index (χ4n) is 2.98. The van der Waals surface area contributed by atoms with Crippen molar-refractivity contribution in [1.29, 1.82) is 0 Å². The Morgan fingerprint density at radius 2 is 1.69 bits per heavy atom. The number of aromatic hydroxyl groups is 2. The monoisotopic (exact) mass is 384 g/mol. The average molecular weight is 384 g/mol. The molecule has 142 valence electrons. The van der Waals surface area contributed by atoms with Gasteiger partial charge in [-0.15, -0.1) is 5.10 Å². The zero-order chi connectivity index (χ0) is 20.2. The summed E-state index contributed by atoms with van der Waals surface area (Å²) < 4.78 is 5.18. The lowest BCUT2D eigenvalue weighted by Crippen LogP contribution is -1.96. The van der Waals surface area contributed by atoms with Crippen LogP contribution in [-0.2, 0) is 0 Å². The largest absolute Gasteiger partial charge is 0.507 e. The van der Waals surface area contributed by atoms with Crippen molar-refractivity contribution in [2.24, 2.45) is 0 Å². The van der Waals surface area contributed by atoms with Gasteiger partial charge in [-0.05, 0) is 42.5 Å². The van der Waals surface area contributed by atoms with Crippen LogP contribution in [0.3, 0.4) is 0 Å². The highest BCUT2D eigenvalue weighted by Crippen LogP contribution is 2.40. The molecule has 6 heteroatoms. The molecule has 0 unspecified atom stereocenters. The Morgan fingerprint density at radius 1 is 0.931 bits per heavy atom. The number of carbonyl (C=O) groups excluding carboxylic acids is 1. The predicted molar refractivity (Wildman–Crippen MR) is 108 cm³/mol. The molecule has 0 amide bonds. The van der Waals surface area contributed by atoms with E-state index in [0.29, 0.717) is 28.1 Å². The fraction of sp³-hybridized carbons (Fsp3) is 0. The molecular weight excluding hydrogens is 368 g/mol. The minimum absolute atomic E-state index is 0.0610. The van der Waals surface area contributed by atoms with Gasteiger partial charge >= 0.3 is 0 Å². The summed E-state index contributed by atoms with van der Waals surface area (Å²) >= 11 is 0. The van der Waals surface area contributed by atoms with Crippen LogP contribution >= 0.6 is 0 Å². The Kier molecular flexibility index (Phi) is 4.90. The Hall–Kier alpha value is -4.19. The van der Waals surface area contributed by atoms with E-state index in [0.717, 1.165) is 0 Å². The van der Waals surface area contributed by atoms with Crippen LogP contribution in [-0.4, -0.2) is 26.2 Å². The minimum atomic E-state index is -0.161. The van der Waals surface area contributed by atoms with E-state index in [4.69, 9.17) is 4.42 Å². The molecule has 29 heavy (non-hydrogen) atoms. The highest BCUT2D eigenvalue weighted by Gasteiger charge is 2.16. The molecule has 2 aromatic heterocycles. The molecule has 6 nitrogen and oxygen atoms in total. The number of hydrogen-bond donors (Lipinski definition) is 2. The van der Waals surface area contributed by atoms with Crippen LogP contribution in [0.25, 0.3) is 28.5 Å². The van der Waals surface area contributed by atoms with Crippen molar-refractivity contribution in [3.8, 4) is 33.9 Å². The molecule has 0 aliphatic heterocycles. The SMILES string of the molecule is O=C(/C=C\c1ccco1)c1ccc(-c2nnccc2-c2c(O)cccc2O)cc1. The van der Waals surface area contributed by atoms with Gasteiger partial charge in [0, 0.05) is 16.7 Å². The fourth-order valence-corrected chi connectivity index (χ4v) is 2.98.